The molecule has 2 aromatic rings. The molecular weight excluding hydrogens is 412 g/mol. The van der Waals surface area contributed by atoms with E-state index in [1.165, 1.54) is 4.57 Å². The van der Waals surface area contributed by atoms with Gasteiger partial charge in [-0.05, 0) is 4.31 Å². The number of nitrogens with zero attached hydrogens (tertiary/aromatic N) is 3. The summed E-state index contributed by atoms with van der Waals surface area (Å²) in [6.45, 7) is -0.618. The summed E-state index contributed by atoms with van der Waals surface area (Å²) in [5.41, 5.74) is 4.78. The second-order valence-electron chi connectivity index (χ2n) is 5.41. The van der Waals surface area contributed by atoms with Crippen LogP contribution >= 0.6 is 16.1 Å². The van der Waals surface area contributed by atoms with Crippen molar-refractivity contribution in [1.29, 1.82) is 0 Å². The van der Waals surface area contributed by atoms with E-state index in [-0.39, 0.29) is 17.1 Å². The maximum absolute atomic E-state index is 11.8. The van der Waals surface area contributed by atoms with Gasteiger partial charge in [-0.2, -0.15) is 4.98 Å². The number of H-pyrrole nitrogens is 1. The number of aliphatic hydroxyl groups is 2. The molecule has 15 nitrogen and oxygen atoms in total. The van der Waals surface area contributed by atoms with Gasteiger partial charge in [-0.15, -0.1) is 4.52 Å². The number of aromatic nitrogens is 4. The van der Waals surface area contributed by atoms with Crippen LogP contribution in [0.15, 0.2) is 11.1 Å². The van der Waals surface area contributed by atoms with Gasteiger partial charge < -0.3 is 30.5 Å². The van der Waals surface area contributed by atoms with Crippen molar-refractivity contribution >= 4 is 33.2 Å². The highest BCUT2D eigenvalue weighted by atomic mass is 31.2. The van der Waals surface area contributed by atoms with E-state index in [0.29, 0.717) is 0 Å². The van der Waals surface area contributed by atoms with Gasteiger partial charge in [0.2, 0.25) is 5.95 Å². The normalized spacial score (nSPS) is 26.6. The molecule has 0 spiro atoms. The lowest BCUT2D eigenvalue weighted by atomic mass is 10.1. The second kappa shape index (κ2) is 7.31. The first-order valence-electron chi connectivity index (χ1n) is 7.16. The second-order valence-corrected chi connectivity index (χ2v) is 7.75. The van der Waals surface area contributed by atoms with Crippen molar-refractivity contribution < 1.29 is 42.7 Å². The lowest BCUT2D eigenvalue weighted by Gasteiger charge is -2.16. The van der Waals surface area contributed by atoms with Gasteiger partial charge in [0.15, 0.2) is 17.4 Å². The number of fused-ring (bicyclic) bond motifs is 1. The molecule has 3 rings (SSSR count). The van der Waals surface area contributed by atoms with Crippen molar-refractivity contribution in [3.8, 4) is 0 Å². The highest BCUT2D eigenvalue weighted by Crippen LogP contribution is 2.48. The molecule has 0 radical (unpaired) electrons. The van der Waals surface area contributed by atoms with Crippen molar-refractivity contribution in [2.45, 2.75) is 24.5 Å². The van der Waals surface area contributed by atoms with Gasteiger partial charge in [0.1, 0.15) is 24.9 Å². The van der Waals surface area contributed by atoms with Crippen LogP contribution in [0.25, 0.3) is 11.2 Å². The quantitative estimate of drug-likeness (QED) is 0.277. The van der Waals surface area contributed by atoms with E-state index in [9.17, 15) is 24.1 Å². The van der Waals surface area contributed by atoms with Crippen LogP contribution < -0.4 is 11.3 Å². The van der Waals surface area contributed by atoms with Crippen molar-refractivity contribution in [2.75, 3.05) is 12.3 Å². The number of hydrogen-bond donors (Lipinski definition) is 6. The van der Waals surface area contributed by atoms with Gasteiger partial charge in [0.25, 0.3) is 5.56 Å². The van der Waals surface area contributed by atoms with E-state index in [4.69, 9.17) is 20.3 Å². The van der Waals surface area contributed by atoms with Gasteiger partial charge in [-0.3, -0.25) is 14.3 Å². The molecule has 148 valence electrons. The van der Waals surface area contributed by atoms with Gasteiger partial charge in [-0.1, -0.05) is 0 Å². The molecule has 1 unspecified atom stereocenters. The minimum atomic E-state index is -5.03. The summed E-state index contributed by atoms with van der Waals surface area (Å²) in [5.74, 6) is -0.200. The number of aliphatic hydroxyl groups excluding tert-OH is 2. The number of hydrogen-bond acceptors (Lipinski definition) is 11. The predicted octanol–water partition coefficient (Wildman–Crippen LogP) is -1.90. The maximum atomic E-state index is 11.8. The number of rotatable bonds is 6. The summed E-state index contributed by atoms with van der Waals surface area (Å²) in [5, 5.41) is 20.3. The van der Waals surface area contributed by atoms with Crippen LogP contribution in [-0.2, 0) is 22.7 Å². The lowest BCUT2D eigenvalue weighted by Crippen LogP contribution is -2.33. The number of anilines is 1. The zero-order valence-corrected chi connectivity index (χ0v) is 14.9. The zero-order valence-electron chi connectivity index (χ0n) is 13.1. The largest absolute Gasteiger partial charge is 0.708 e. The van der Waals surface area contributed by atoms with E-state index in [0.717, 1.165) is 6.33 Å². The van der Waals surface area contributed by atoms with Crippen molar-refractivity contribution in [3.63, 3.8) is 0 Å². The first kappa shape index (κ1) is 19.9. The van der Waals surface area contributed by atoms with Gasteiger partial charge in [0.05, 0.1) is 6.33 Å². The number of aromatic amines is 1. The molecule has 2 aromatic heterocycles. The standard InChI is InChI=1S/C10H13N5O10P2/c11-10-13-7-4(8(18)14-10)12-2-15(7)9-6(17)5(16)3(24-9)1-23-26(19)25-27(20,21)22/h2-3,5-6,9,16-17H,1H2,(H4-,11,13,14,18,20,21,22)/p+1/t3-,5-,6-,9-/m1/s1. The molecule has 0 aromatic carbocycles. The summed E-state index contributed by atoms with van der Waals surface area (Å²) in [6.07, 6.45) is -4.37. The van der Waals surface area contributed by atoms with Crippen molar-refractivity contribution in [1.82, 2.24) is 19.5 Å². The minimum absolute atomic E-state index is 0.00928. The summed E-state index contributed by atoms with van der Waals surface area (Å²) in [4.78, 5) is 38.9. The number of nitrogen functional groups attached to an aromatic ring is 1. The fraction of sp³-hybridized carbons (Fsp3) is 0.500. The zero-order chi connectivity index (χ0) is 19.9. The third kappa shape index (κ3) is 4.21. The molecule has 7 N–H and O–H groups in total. The molecule has 27 heavy (non-hydrogen) atoms. The maximum Gasteiger partial charge on any atom is 0.708 e. The number of ether oxygens (including phenoxy) is 1. The van der Waals surface area contributed by atoms with Crippen LogP contribution in [0.4, 0.5) is 5.95 Å². The average molecular weight is 426 g/mol. The lowest BCUT2D eigenvalue weighted by molar-refractivity contribution is -0.0476. The van der Waals surface area contributed by atoms with Gasteiger partial charge in [0, 0.05) is 4.57 Å². The third-order valence-electron chi connectivity index (χ3n) is 3.58. The Morgan fingerprint density at radius 2 is 2.11 bits per heavy atom. The molecule has 0 aliphatic carbocycles. The van der Waals surface area contributed by atoms with E-state index in [1.807, 2.05) is 0 Å². The highest BCUT2D eigenvalue weighted by molar-refractivity contribution is 7.55. The molecular formula is C10H14N5O10P2+. The highest BCUT2D eigenvalue weighted by Gasteiger charge is 2.46. The molecule has 5 atom stereocenters. The summed E-state index contributed by atoms with van der Waals surface area (Å²) >= 11 is 0. The van der Waals surface area contributed by atoms with E-state index >= 15 is 0 Å². The van der Waals surface area contributed by atoms with Crippen molar-refractivity contribution in [2.24, 2.45) is 0 Å². The Morgan fingerprint density at radius 3 is 2.78 bits per heavy atom. The van der Waals surface area contributed by atoms with E-state index < -0.39 is 52.8 Å². The predicted molar refractivity (Wildman–Crippen MR) is 85.2 cm³/mol. The monoisotopic (exact) mass is 426 g/mol. The SMILES string of the molecule is Nc1nc2c(ncn2[C@@H]2O[C@H](CO[P+](=O)OP(=O)(O)O)[C@@H](O)[C@H]2O)c(=O)[nH]1. The van der Waals surface area contributed by atoms with Gasteiger partial charge >= 0.3 is 16.1 Å². The smallest absolute Gasteiger partial charge is 0.387 e. The Morgan fingerprint density at radius 1 is 1.41 bits per heavy atom. The number of phosphoric acid groups is 1. The summed E-state index contributed by atoms with van der Waals surface area (Å²) < 4.78 is 36.9. The Balaban J connectivity index is 1.77. The van der Waals surface area contributed by atoms with Crippen LogP contribution in [0, 0.1) is 0 Å². The van der Waals surface area contributed by atoms with Crippen LogP contribution in [0.2, 0.25) is 0 Å². The fourth-order valence-corrected chi connectivity index (χ4v) is 3.62. The van der Waals surface area contributed by atoms with E-state index in [2.05, 4.69) is 23.8 Å². The molecule has 0 amide bonds. The number of nitrogens with two attached hydrogens (primary N) is 1. The summed E-state index contributed by atoms with van der Waals surface area (Å²) in [7, 11) is -8.22. The molecule has 1 aliphatic rings. The molecule has 0 bridgehead atoms. The Bertz CT molecular complexity index is 971. The summed E-state index contributed by atoms with van der Waals surface area (Å²) in [6, 6.07) is 0. The van der Waals surface area contributed by atoms with Gasteiger partial charge in [-0.25, -0.2) is 9.55 Å². The average Bonchev–Trinajstić information content (AvgIpc) is 3.07. The first-order chi connectivity index (χ1) is 12.6. The Hall–Kier alpha value is -1.80. The Kier molecular flexibility index (Phi) is 5.40. The fourth-order valence-electron chi connectivity index (χ4n) is 2.47. The molecule has 0 saturated carbocycles. The third-order valence-corrected chi connectivity index (χ3v) is 5.32. The number of nitrogens with one attached hydrogen (secondary N) is 1. The van der Waals surface area contributed by atoms with E-state index in [1.54, 1.807) is 0 Å². The first-order valence-corrected chi connectivity index (χ1v) is 9.79. The van der Waals surface area contributed by atoms with Crippen LogP contribution in [0.5, 0.6) is 0 Å². The van der Waals surface area contributed by atoms with Crippen LogP contribution in [0.1, 0.15) is 6.23 Å². The molecule has 3 heterocycles. The molecule has 1 aliphatic heterocycles. The molecule has 17 heteroatoms. The Labute approximate surface area is 149 Å². The topological polar surface area (TPSA) is 232 Å². The molecule has 1 fully saturated rings. The number of imidazole rings is 1. The van der Waals surface area contributed by atoms with Crippen LogP contribution in [0.3, 0.4) is 0 Å². The van der Waals surface area contributed by atoms with Crippen LogP contribution in [-0.4, -0.2) is 64.4 Å². The minimum Gasteiger partial charge on any atom is -0.387 e. The molecule has 1 saturated heterocycles. The van der Waals surface area contributed by atoms with Crippen molar-refractivity contribution in [3.05, 3.63) is 16.7 Å².